The number of aryl methyl sites for hydroxylation is 2. The maximum Gasteiger partial charge on any atom is 0.263 e. The van der Waals surface area contributed by atoms with E-state index >= 15 is 0 Å². The zero-order valence-electron chi connectivity index (χ0n) is 11.3. The molecule has 106 valence electrons. The molecule has 0 unspecified atom stereocenters. The van der Waals surface area contributed by atoms with E-state index in [1.165, 1.54) is 13.1 Å². The van der Waals surface area contributed by atoms with Crippen LogP contribution in [0.4, 0.5) is 5.13 Å². The van der Waals surface area contributed by atoms with Crippen molar-refractivity contribution in [1.29, 1.82) is 0 Å². The van der Waals surface area contributed by atoms with Gasteiger partial charge in [0.2, 0.25) is 0 Å². The van der Waals surface area contributed by atoms with Gasteiger partial charge in [-0.25, -0.2) is 13.4 Å². The molecule has 0 radical (unpaired) electrons. The SMILES string of the molecule is CC(=O)c1cnc(NS(=O)(=O)c2cc(C)ccc2C)s1. The zero-order chi connectivity index (χ0) is 14.9. The minimum Gasteiger partial charge on any atom is -0.294 e. The van der Waals surface area contributed by atoms with Gasteiger partial charge in [0.15, 0.2) is 10.9 Å². The third-order valence-electron chi connectivity index (χ3n) is 2.71. The number of thiazole rings is 1. The second-order valence-electron chi connectivity index (χ2n) is 4.46. The highest BCUT2D eigenvalue weighted by Crippen LogP contribution is 2.24. The van der Waals surface area contributed by atoms with Crippen molar-refractivity contribution in [3.8, 4) is 0 Å². The minimum atomic E-state index is -3.69. The normalized spacial score (nSPS) is 11.3. The van der Waals surface area contributed by atoms with Gasteiger partial charge < -0.3 is 0 Å². The molecule has 0 spiro atoms. The molecule has 0 saturated carbocycles. The van der Waals surface area contributed by atoms with Crippen LogP contribution in [0.15, 0.2) is 29.3 Å². The lowest BCUT2D eigenvalue weighted by Crippen LogP contribution is -2.14. The molecular weight excluding hydrogens is 296 g/mol. The molecule has 2 rings (SSSR count). The summed E-state index contributed by atoms with van der Waals surface area (Å²) in [6.45, 7) is 4.98. The van der Waals surface area contributed by atoms with Crippen LogP contribution in [0, 0.1) is 13.8 Å². The molecule has 0 aliphatic carbocycles. The van der Waals surface area contributed by atoms with Crippen LogP contribution >= 0.6 is 11.3 Å². The standard InChI is InChI=1S/C13H14N2O3S2/c1-8-4-5-9(2)12(6-8)20(17,18)15-13-14-7-11(19-13)10(3)16/h4-7H,1-3H3,(H,14,15). The third-order valence-corrected chi connectivity index (χ3v) is 5.33. The fraction of sp³-hybridized carbons (Fsp3) is 0.231. The van der Waals surface area contributed by atoms with Crippen molar-refractivity contribution in [2.45, 2.75) is 25.7 Å². The number of benzene rings is 1. The summed E-state index contributed by atoms with van der Waals surface area (Å²) in [5.74, 6) is -0.139. The monoisotopic (exact) mass is 310 g/mol. The zero-order valence-corrected chi connectivity index (χ0v) is 12.9. The maximum atomic E-state index is 12.3. The van der Waals surface area contributed by atoms with Crippen molar-refractivity contribution in [1.82, 2.24) is 4.98 Å². The first-order chi connectivity index (χ1) is 9.29. The molecule has 0 saturated heterocycles. The van der Waals surface area contributed by atoms with E-state index in [0.29, 0.717) is 10.4 Å². The predicted molar refractivity (Wildman–Crippen MR) is 78.8 cm³/mol. The highest BCUT2D eigenvalue weighted by Gasteiger charge is 2.19. The molecule has 2 aromatic rings. The van der Waals surface area contributed by atoms with Crippen LogP contribution in [0.3, 0.4) is 0 Å². The highest BCUT2D eigenvalue weighted by molar-refractivity contribution is 7.93. The average Bonchev–Trinajstić information content (AvgIpc) is 2.80. The molecule has 0 amide bonds. The topological polar surface area (TPSA) is 76.1 Å². The van der Waals surface area contributed by atoms with E-state index < -0.39 is 10.0 Å². The van der Waals surface area contributed by atoms with E-state index in [1.807, 2.05) is 13.0 Å². The number of anilines is 1. The molecular formula is C13H14N2O3S2. The van der Waals surface area contributed by atoms with Gasteiger partial charge >= 0.3 is 0 Å². The lowest BCUT2D eigenvalue weighted by Gasteiger charge is -2.08. The smallest absolute Gasteiger partial charge is 0.263 e. The summed E-state index contributed by atoms with van der Waals surface area (Å²) in [5, 5.41) is 0.191. The lowest BCUT2D eigenvalue weighted by molar-refractivity contribution is 0.102. The molecule has 0 fully saturated rings. The molecule has 1 aromatic heterocycles. The summed E-state index contributed by atoms with van der Waals surface area (Å²) in [5.41, 5.74) is 1.52. The molecule has 7 heteroatoms. The number of hydrogen-bond acceptors (Lipinski definition) is 5. The van der Waals surface area contributed by atoms with Crippen molar-refractivity contribution in [3.05, 3.63) is 40.4 Å². The molecule has 1 aromatic carbocycles. The Morgan fingerprint density at radius 2 is 2.00 bits per heavy atom. The fourth-order valence-corrected chi connectivity index (χ4v) is 3.93. The van der Waals surface area contributed by atoms with Gasteiger partial charge in [-0.05, 0) is 31.0 Å². The van der Waals surface area contributed by atoms with Gasteiger partial charge in [0, 0.05) is 6.92 Å². The molecule has 0 bridgehead atoms. The molecule has 0 aliphatic rings. The van der Waals surface area contributed by atoms with Gasteiger partial charge in [-0.2, -0.15) is 0 Å². The summed E-state index contributed by atoms with van der Waals surface area (Å²) >= 11 is 1.02. The van der Waals surface area contributed by atoms with E-state index in [4.69, 9.17) is 0 Å². The predicted octanol–water partition coefficient (Wildman–Crippen LogP) is 2.76. The van der Waals surface area contributed by atoms with Crippen LogP contribution < -0.4 is 4.72 Å². The number of nitrogens with one attached hydrogen (secondary N) is 1. The average molecular weight is 310 g/mol. The Bertz CT molecular complexity index is 764. The fourth-order valence-electron chi connectivity index (χ4n) is 1.65. The van der Waals surface area contributed by atoms with E-state index in [0.717, 1.165) is 16.9 Å². The third kappa shape index (κ3) is 3.05. The maximum absolute atomic E-state index is 12.3. The molecule has 0 atom stereocenters. The van der Waals surface area contributed by atoms with Crippen LogP contribution in [0.25, 0.3) is 0 Å². The van der Waals surface area contributed by atoms with Gasteiger partial charge in [0.25, 0.3) is 10.0 Å². The Labute approximate surface area is 121 Å². The molecule has 20 heavy (non-hydrogen) atoms. The Morgan fingerprint density at radius 1 is 1.30 bits per heavy atom. The van der Waals surface area contributed by atoms with Crippen LogP contribution in [-0.4, -0.2) is 19.2 Å². The molecule has 1 N–H and O–H groups in total. The summed E-state index contributed by atoms with van der Waals surface area (Å²) in [6.07, 6.45) is 1.37. The Balaban J connectivity index is 2.35. The van der Waals surface area contributed by atoms with Crippen molar-refractivity contribution in [2.75, 3.05) is 4.72 Å². The number of carbonyl (C=O) groups is 1. The van der Waals surface area contributed by atoms with Crippen LogP contribution in [0.2, 0.25) is 0 Å². The minimum absolute atomic E-state index is 0.139. The summed E-state index contributed by atoms with van der Waals surface area (Å²) in [6, 6.07) is 5.22. The number of nitrogens with zero attached hydrogens (tertiary/aromatic N) is 1. The second kappa shape index (κ2) is 5.34. The second-order valence-corrected chi connectivity index (χ2v) is 7.14. The van der Waals surface area contributed by atoms with Crippen LogP contribution in [-0.2, 0) is 10.0 Å². The molecule has 0 aliphatic heterocycles. The summed E-state index contributed by atoms with van der Waals surface area (Å²) < 4.78 is 27.1. The Hall–Kier alpha value is -1.73. The quantitative estimate of drug-likeness (QED) is 0.881. The number of sulfonamides is 1. The van der Waals surface area contributed by atoms with Gasteiger partial charge in [-0.15, -0.1) is 0 Å². The number of carbonyl (C=O) groups excluding carboxylic acids is 1. The van der Waals surface area contributed by atoms with Crippen molar-refractivity contribution in [2.24, 2.45) is 0 Å². The first kappa shape index (κ1) is 14.7. The van der Waals surface area contributed by atoms with Gasteiger partial charge in [0.1, 0.15) is 0 Å². The lowest BCUT2D eigenvalue weighted by atomic mass is 10.2. The van der Waals surface area contributed by atoms with E-state index in [-0.39, 0.29) is 15.8 Å². The van der Waals surface area contributed by atoms with Gasteiger partial charge in [-0.1, -0.05) is 23.5 Å². The van der Waals surface area contributed by atoms with Crippen molar-refractivity contribution in [3.63, 3.8) is 0 Å². The van der Waals surface area contributed by atoms with E-state index in [1.54, 1.807) is 19.1 Å². The molecule has 1 heterocycles. The highest BCUT2D eigenvalue weighted by atomic mass is 32.2. The van der Waals surface area contributed by atoms with Crippen LogP contribution in [0.5, 0.6) is 0 Å². The van der Waals surface area contributed by atoms with Gasteiger partial charge in [0.05, 0.1) is 16.0 Å². The number of ketones is 1. The first-order valence-electron chi connectivity index (χ1n) is 5.86. The van der Waals surface area contributed by atoms with Crippen LogP contribution in [0.1, 0.15) is 27.7 Å². The molecule has 5 nitrogen and oxygen atoms in total. The van der Waals surface area contributed by atoms with Gasteiger partial charge in [-0.3, -0.25) is 9.52 Å². The van der Waals surface area contributed by atoms with E-state index in [9.17, 15) is 13.2 Å². The number of rotatable bonds is 4. The number of hydrogen-bond donors (Lipinski definition) is 1. The van der Waals surface area contributed by atoms with Crippen molar-refractivity contribution >= 4 is 32.3 Å². The van der Waals surface area contributed by atoms with E-state index in [2.05, 4.69) is 9.71 Å². The summed E-state index contributed by atoms with van der Waals surface area (Å²) in [7, 11) is -3.69. The Kier molecular flexibility index (Phi) is 3.92. The Morgan fingerprint density at radius 3 is 2.60 bits per heavy atom. The first-order valence-corrected chi connectivity index (χ1v) is 8.16. The number of Topliss-reactive ketones (excluding diaryl/α,β-unsaturated/α-hetero) is 1. The van der Waals surface area contributed by atoms with Crippen molar-refractivity contribution < 1.29 is 13.2 Å². The largest absolute Gasteiger partial charge is 0.294 e. The number of aromatic nitrogens is 1. The summed E-state index contributed by atoms with van der Waals surface area (Å²) in [4.78, 5) is 15.7.